The number of carbonyl (C=O) groups is 1. The molecule has 0 bridgehead atoms. The van der Waals surface area contributed by atoms with Crippen LogP contribution in [0.2, 0.25) is 0 Å². The van der Waals surface area contributed by atoms with Gasteiger partial charge in [-0.25, -0.2) is 0 Å². The number of anilines is 1. The fourth-order valence-corrected chi connectivity index (χ4v) is 3.03. The van der Waals surface area contributed by atoms with Crippen molar-refractivity contribution < 1.29 is 9.72 Å². The van der Waals surface area contributed by atoms with E-state index in [0.29, 0.717) is 21.7 Å². The number of nitriles is 1. The second-order valence-electron chi connectivity index (χ2n) is 4.81. The van der Waals surface area contributed by atoms with Crippen LogP contribution in [-0.4, -0.2) is 10.8 Å². The highest BCUT2D eigenvalue weighted by Crippen LogP contribution is 2.32. The molecular weight excluding hydrogens is 302 g/mol. The number of rotatable bonds is 3. The molecule has 6 nitrogen and oxygen atoms in total. The molecule has 1 aromatic carbocycles. The Kier molecular flexibility index (Phi) is 4.24. The smallest absolute Gasteiger partial charge is 0.272 e. The van der Waals surface area contributed by atoms with E-state index in [1.54, 1.807) is 6.92 Å². The van der Waals surface area contributed by atoms with Crippen LogP contribution in [0.1, 0.15) is 31.9 Å². The van der Waals surface area contributed by atoms with Crippen LogP contribution < -0.4 is 5.32 Å². The van der Waals surface area contributed by atoms with Gasteiger partial charge < -0.3 is 5.32 Å². The Morgan fingerprint density at radius 1 is 1.36 bits per heavy atom. The number of hydrogen-bond acceptors (Lipinski definition) is 5. The third-order valence-corrected chi connectivity index (χ3v) is 4.50. The van der Waals surface area contributed by atoms with Crippen LogP contribution in [0.5, 0.6) is 0 Å². The van der Waals surface area contributed by atoms with Crippen LogP contribution in [0.3, 0.4) is 0 Å². The SMILES string of the molecule is Cc1cc(C(=O)Nc2sc(C)c(C)c2C#N)ccc1[N+](=O)[O-]. The molecule has 0 radical (unpaired) electrons. The molecule has 1 amide bonds. The van der Waals surface area contributed by atoms with E-state index in [1.807, 2.05) is 13.8 Å². The van der Waals surface area contributed by atoms with Crippen LogP contribution in [0.25, 0.3) is 0 Å². The minimum atomic E-state index is -0.489. The largest absolute Gasteiger partial charge is 0.312 e. The van der Waals surface area contributed by atoms with Crippen LogP contribution >= 0.6 is 11.3 Å². The number of nitrogens with zero attached hydrogens (tertiary/aromatic N) is 2. The Hall–Kier alpha value is -2.72. The Labute approximate surface area is 131 Å². The van der Waals surface area contributed by atoms with Crippen molar-refractivity contribution in [2.75, 3.05) is 5.32 Å². The maximum absolute atomic E-state index is 12.3. The fraction of sp³-hybridized carbons (Fsp3) is 0.200. The van der Waals surface area contributed by atoms with Crippen molar-refractivity contribution in [1.82, 2.24) is 0 Å². The minimum Gasteiger partial charge on any atom is -0.312 e. The Balaban J connectivity index is 2.31. The zero-order valence-electron chi connectivity index (χ0n) is 12.3. The van der Waals surface area contributed by atoms with Gasteiger partial charge in [0.15, 0.2) is 0 Å². The Morgan fingerprint density at radius 3 is 2.59 bits per heavy atom. The third-order valence-electron chi connectivity index (χ3n) is 3.38. The van der Waals surface area contributed by atoms with E-state index in [1.165, 1.54) is 29.5 Å². The number of amides is 1. The highest BCUT2D eigenvalue weighted by molar-refractivity contribution is 7.16. The molecule has 22 heavy (non-hydrogen) atoms. The summed E-state index contributed by atoms with van der Waals surface area (Å²) < 4.78 is 0. The van der Waals surface area contributed by atoms with E-state index in [2.05, 4.69) is 11.4 Å². The van der Waals surface area contributed by atoms with Crippen LogP contribution in [0.4, 0.5) is 10.7 Å². The van der Waals surface area contributed by atoms with Gasteiger partial charge in [-0.15, -0.1) is 11.3 Å². The summed E-state index contributed by atoms with van der Waals surface area (Å²) in [5.41, 5.74) is 2.00. The molecule has 0 aliphatic rings. The lowest BCUT2D eigenvalue weighted by molar-refractivity contribution is -0.385. The maximum Gasteiger partial charge on any atom is 0.272 e. The predicted octanol–water partition coefficient (Wildman–Crippen LogP) is 3.71. The number of nitro groups is 1. The topological polar surface area (TPSA) is 96.0 Å². The third kappa shape index (κ3) is 2.82. The fourth-order valence-electron chi connectivity index (χ4n) is 2.03. The summed E-state index contributed by atoms with van der Waals surface area (Å²) in [7, 11) is 0. The average molecular weight is 315 g/mol. The molecular formula is C15H13N3O3S. The van der Waals surface area contributed by atoms with Gasteiger partial charge in [0.25, 0.3) is 11.6 Å². The van der Waals surface area contributed by atoms with Gasteiger partial charge >= 0.3 is 0 Å². The van der Waals surface area contributed by atoms with Crippen molar-refractivity contribution in [2.24, 2.45) is 0 Å². The number of carbonyl (C=O) groups excluding carboxylic acids is 1. The highest BCUT2D eigenvalue weighted by atomic mass is 32.1. The van der Waals surface area contributed by atoms with Gasteiger partial charge in [0, 0.05) is 22.1 Å². The van der Waals surface area contributed by atoms with Gasteiger partial charge in [-0.1, -0.05) is 0 Å². The molecule has 2 rings (SSSR count). The Bertz CT molecular complexity index is 818. The van der Waals surface area contributed by atoms with Gasteiger partial charge in [-0.3, -0.25) is 14.9 Å². The minimum absolute atomic E-state index is 0.0305. The van der Waals surface area contributed by atoms with E-state index < -0.39 is 10.8 Å². The molecule has 7 heteroatoms. The molecule has 0 atom stereocenters. The van der Waals surface area contributed by atoms with Crippen molar-refractivity contribution in [3.63, 3.8) is 0 Å². The normalized spacial score (nSPS) is 10.1. The summed E-state index contributed by atoms with van der Waals surface area (Å²) >= 11 is 1.34. The van der Waals surface area contributed by atoms with E-state index >= 15 is 0 Å². The zero-order chi connectivity index (χ0) is 16.4. The molecule has 0 aliphatic heterocycles. The van der Waals surface area contributed by atoms with E-state index in [-0.39, 0.29) is 5.69 Å². The summed E-state index contributed by atoms with van der Waals surface area (Å²) in [6.45, 7) is 5.29. The van der Waals surface area contributed by atoms with Gasteiger partial charge in [-0.05, 0) is 38.5 Å². The predicted molar refractivity (Wildman–Crippen MR) is 84.3 cm³/mol. The molecule has 1 N–H and O–H groups in total. The second kappa shape index (κ2) is 5.95. The van der Waals surface area contributed by atoms with Crippen molar-refractivity contribution in [1.29, 1.82) is 5.26 Å². The number of thiophene rings is 1. The average Bonchev–Trinajstić information content (AvgIpc) is 2.72. The monoisotopic (exact) mass is 315 g/mol. The lowest BCUT2D eigenvalue weighted by Crippen LogP contribution is -2.12. The summed E-state index contributed by atoms with van der Waals surface area (Å²) in [6, 6.07) is 6.26. The number of hydrogen-bond donors (Lipinski definition) is 1. The van der Waals surface area contributed by atoms with Crippen molar-refractivity contribution in [3.8, 4) is 6.07 Å². The molecule has 112 valence electrons. The number of aryl methyl sites for hydroxylation is 2. The molecule has 1 aromatic heterocycles. The molecule has 0 aliphatic carbocycles. The molecule has 0 unspecified atom stereocenters. The molecule has 1 heterocycles. The quantitative estimate of drug-likeness (QED) is 0.689. The maximum atomic E-state index is 12.3. The summed E-state index contributed by atoms with van der Waals surface area (Å²) in [5, 5.41) is 23.2. The Morgan fingerprint density at radius 2 is 2.05 bits per heavy atom. The van der Waals surface area contributed by atoms with Crippen LogP contribution in [-0.2, 0) is 0 Å². The first-order valence-electron chi connectivity index (χ1n) is 6.41. The molecule has 0 fully saturated rings. The van der Waals surface area contributed by atoms with Crippen LogP contribution in [0.15, 0.2) is 18.2 Å². The van der Waals surface area contributed by atoms with Crippen molar-refractivity contribution in [2.45, 2.75) is 20.8 Å². The summed E-state index contributed by atoms with van der Waals surface area (Å²) in [6.07, 6.45) is 0. The number of benzene rings is 1. The standard InChI is InChI=1S/C15H13N3O3S/c1-8-6-11(4-5-13(8)18(20)21)14(19)17-15-12(7-16)9(2)10(3)22-15/h4-6H,1-3H3,(H,17,19). The van der Waals surface area contributed by atoms with Gasteiger partial charge in [0.1, 0.15) is 11.1 Å². The lowest BCUT2D eigenvalue weighted by atomic mass is 10.1. The van der Waals surface area contributed by atoms with E-state index in [9.17, 15) is 14.9 Å². The van der Waals surface area contributed by atoms with Gasteiger partial charge in [0.2, 0.25) is 0 Å². The lowest BCUT2D eigenvalue weighted by Gasteiger charge is -2.05. The van der Waals surface area contributed by atoms with Crippen molar-refractivity contribution in [3.05, 3.63) is 55.4 Å². The molecule has 0 saturated carbocycles. The van der Waals surface area contributed by atoms with Gasteiger partial charge in [-0.2, -0.15) is 5.26 Å². The zero-order valence-corrected chi connectivity index (χ0v) is 13.1. The molecule has 2 aromatic rings. The first-order chi connectivity index (χ1) is 10.3. The van der Waals surface area contributed by atoms with E-state index in [0.717, 1.165) is 10.4 Å². The van der Waals surface area contributed by atoms with Crippen LogP contribution in [0, 0.1) is 42.2 Å². The summed E-state index contributed by atoms with van der Waals surface area (Å²) in [5.74, 6) is -0.393. The molecule has 0 spiro atoms. The van der Waals surface area contributed by atoms with Crippen molar-refractivity contribution >= 4 is 27.9 Å². The second-order valence-corrected chi connectivity index (χ2v) is 6.04. The summed E-state index contributed by atoms with van der Waals surface area (Å²) in [4.78, 5) is 23.5. The van der Waals surface area contributed by atoms with Gasteiger partial charge in [0.05, 0.1) is 10.5 Å². The first kappa shape index (κ1) is 15.7. The molecule has 0 saturated heterocycles. The van der Waals surface area contributed by atoms with E-state index in [4.69, 9.17) is 5.26 Å². The highest BCUT2D eigenvalue weighted by Gasteiger charge is 2.17. The number of nitro benzene ring substituents is 1. The first-order valence-corrected chi connectivity index (χ1v) is 7.23. The number of nitrogens with one attached hydrogen (secondary N) is 1.